The lowest BCUT2D eigenvalue weighted by Crippen LogP contribution is -2.08. The van der Waals surface area contributed by atoms with Crippen LogP contribution in [-0.2, 0) is 0 Å². The molecule has 0 radical (unpaired) electrons. The van der Waals surface area contributed by atoms with Gasteiger partial charge in [0, 0.05) is 16.8 Å². The first-order chi connectivity index (χ1) is 9.22. The highest BCUT2D eigenvalue weighted by Crippen LogP contribution is 2.23. The van der Waals surface area contributed by atoms with Gasteiger partial charge in [-0.2, -0.15) is 5.26 Å². The molecule has 0 aliphatic carbocycles. The Morgan fingerprint density at radius 3 is 2.58 bits per heavy atom. The Labute approximate surface area is 117 Å². The Hall–Kier alpha value is -2.18. The summed E-state index contributed by atoms with van der Waals surface area (Å²) in [5, 5.41) is 13.1. The lowest BCUT2D eigenvalue weighted by molar-refractivity contribution is 0.415. The largest absolute Gasteiger partial charge is 0.497 e. The second kappa shape index (κ2) is 6.12. The van der Waals surface area contributed by atoms with Crippen molar-refractivity contribution in [3.63, 3.8) is 0 Å². The maximum Gasteiger partial charge on any atom is 0.140 e. The quantitative estimate of drug-likeness (QED) is 0.914. The number of nitrogens with zero attached hydrogens (tertiary/aromatic N) is 1. The number of benzene rings is 2. The van der Waals surface area contributed by atoms with E-state index >= 15 is 0 Å². The van der Waals surface area contributed by atoms with Gasteiger partial charge >= 0.3 is 0 Å². The maximum atomic E-state index is 9.26. The number of rotatable bonds is 4. The molecule has 1 unspecified atom stereocenters. The van der Waals surface area contributed by atoms with Crippen molar-refractivity contribution in [2.75, 3.05) is 12.4 Å². The van der Waals surface area contributed by atoms with Gasteiger partial charge in [-0.05, 0) is 29.8 Å². The predicted molar refractivity (Wildman–Crippen MR) is 76.4 cm³/mol. The van der Waals surface area contributed by atoms with Crippen LogP contribution in [0.3, 0.4) is 0 Å². The molecule has 0 spiro atoms. The van der Waals surface area contributed by atoms with Gasteiger partial charge in [0.25, 0.3) is 0 Å². The van der Waals surface area contributed by atoms with Gasteiger partial charge in [-0.15, -0.1) is 0 Å². The van der Waals surface area contributed by atoms with Crippen LogP contribution in [-0.4, -0.2) is 7.11 Å². The van der Waals surface area contributed by atoms with Crippen LogP contribution in [0.5, 0.6) is 5.75 Å². The number of ether oxygens (including phenoxy) is 1. The second-order valence-electron chi connectivity index (χ2n) is 3.99. The lowest BCUT2D eigenvalue weighted by Gasteiger charge is -2.14. The molecule has 2 aromatic rings. The first-order valence-electron chi connectivity index (χ1n) is 5.78. The zero-order valence-corrected chi connectivity index (χ0v) is 11.2. The average molecular weight is 273 g/mol. The summed E-state index contributed by atoms with van der Waals surface area (Å²) >= 11 is 5.84. The highest BCUT2D eigenvalue weighted by atomic mass is 35.5. The minimum atomic E-state index is -0.427. The van der Waals surface area contributed by atoms with Crippen molar-refractivity contribution in [1.82, 2.24) is 0 Å². The van der Waals surface area contributed by atoms with Gasteiger partial charge in [-0.1, -0.05) is 29.8 Å². The van der Waals surface area contributed by atoms with Crippen LogP contribution in [0.25, 0.3) is 0 Å². The molecule has 0 saturated carbocycles. The summed E-state index contributed by atoms with van der Waals surface area (Å²) in [6, 6.07) is 16.5. The Balaban J connectivity index is 2.19. The predicted octanol–water partition coefficient (Wildman–Crippen LogP) is 4.03. The number of methoxy groups -OCH3 is 1. The third-order valence-electron chi connectivity index (χ3n) is 2.71. The van der Waals surface area contributed by atoms with Gasteiger partial charge in [0.15, 0.2) is 0 Å². The minimum Gasteiger partial charge on any atom is -0.497 e. The number of nitrogens with one attached hydrogen (secondary N) is 1. The summed E-state index contributed by atoms with van der Waals surface area (Å²) in [6.45, 7) is 0. The monoisotopic (exact) mass is 272 g/mol. The van der Waals surface area contributed by atoms with E-state index in [1.54, 1.807) is 19.2 Å². The molecule has 0 aromatic heterocycles. The lowest BCUT2D eigenvalue weighted by atomic mass is 10.1. The summed E-state index contributed by atoms with van der Waals surface area (Å²) in [5.41, 5.74) is 1.70. The molecule has 0 aliphatic rings. The molecular weight excluding hydrogens is 260 g/mol. The standard InChI is InChI=1S/C15H13ClN2O/c1-19-14-4-2-3-13(9-14)18-15(10-17)11-5-7-12(16)8-6-11/h2-9,15,18H,1H3. The first kappa shape index (κ1) is 13.3. The Bertz CT molecular complexity index is 590. The Morgan fingerprint density at radius 2 is 1.95 bits per heavy atom. The van der Waals surface area contributed by atoms with Crippen molar-refractivity contribution >= 4 is 17.3 Å². The van der Waals surface area contributed by atoms with E-state index in [0.29, 0.717) is 5.02 Å². The fraction of sp³-hybridized carbons (Fsp3) is 0.133. The molecule has 0 fully saturated rings. The van der Waals surface area contributed by atoms with Crippen LogP contribution in [0.4, 0.5) is 5.69 Å². The van der Waals surface area contributed by atoms with Gasteiger partial charge < -0.3 is 10.1 Å². The topological polar surface area (TPSA) is 45.0 Å². The summed E-state index contributed by atoms with van der Waals surface area (Å²) in [4.78, 5) is 0. The number of nitriles is 1. The normalized spacial score (nSPS) is 11.4. The Morgan fingerprint density at radius 1 is 1.21 bits per heavy atom. The number of anilines is 1. The van der Waals surface area contributed by atoms with Crippen molar-refractivity contribution < 1.29 is 4.74 Å². The fourth-order valence-corrected chi connectivity index (χ4v) is 1.85. The molecule has 2 rings (SSSR count). The molecule has 1 N–H and O–H groups in total. The molecule has 96 valence electrons. The van der Waals surface area contributed by atoms with Gasteiger partial charge in [0.2, 0.25) is 0 Å². The summed E-state index contributed by atoms with van der Waals surface area (Å²) in [5.74, 6) is 0.748. The highest BCUT2D eigenvalue weighted by molar-refractivity contribution is 6.30. The van der Waals surface area contributed by atoms with Crippen LogP contribution < -0.4 is 10.1 Å². The molecular formula is C15H13ClN2O. The van der Waals surface area contributed by atoms with Gasteiger partial charge in [0.05, 0.1) is 13.2 Å². The van der Waals surface area contributed by atoms with Crippen LogP contribution in [0.1, 0.15) is 11.6 Å². The molecule has 0 heterocycles. The number of hydrogen-bond donors (Lipinski definition) is 1. The van der Waals surface area contributed by atoms with Crippen LogP contribution in [0, 0.1) is 11.3 Å². The number of halogens is 1. The van der Waals surface area contributed by atoms with E-state index < -0.39 is 6.04 Å². The van der Waals surface area contributed by atoms with E-state index in [4.69, 9.17) is 16.3 Å². The molecule has 0 amide bonds. The summed E-state index contributed by atoms with van der Waals surface area (Å²) < 4.78 is 5.15. The van der Waals surface area contributed by atoms with E-state index in [1.807, 2.05) is 36.4 Å². The van der Waals surface area contributed by atoms with Crippen molar-refractivity contribution in [2.45, 2.75) is 6.04 Å². The van der Waals surface area contributed by atoms with E-state index in [0.717, 1.165) is 17.0 Å². The third-order valence-corrected chi connectivity index (χ3v) is 2.97. The van der Waals surface area contributed by atoms with Gasteiger partial charge in [-0.25, -0.2) is 0 Å². The van der Waals surface area contributed by atoms with Crippen molar-refractivity contribution in [2.24, 2.45) is 0 Å². The average Bonchev–Trinajstić information content (AvgIpc) is 2.46. The molecule has 0 saturated heterocycles. The minimum absolute atomic E-state index is 0.427. The molecule has 0 bridgehead atoms. The SMILES string of the molecule is COc1cccc(NC(C#N)c2ccc(Cl)cc2)c1. The number of hydrogen-bond acceptors (Lipinski definition) is 3. The zero-order valence-electron chi connectivity index (χ0n) is 10.4. The fourth-order valence-electron chi connectivity index (χ4n) is 1.72. The molecule has 3 nitrogen and oxygen atoms in total. The third kappa shape index (κ3) is 3.40. The molecule has 2 aromatic carbocycles. The molecule has 19 heavy (non-hydrogen) atoms. The van der Waals surface area contributed by atoms with E-state index in [1.165, 1.54) is 0 Å². The molecule has 1 atom stereocenters. The molecule has 4 heteroatoms. The van der Waals surface area contributed by atoms with E-state index in [-0.39, 0.29) is 0 Å². The smallest absolute Gasteiger partial charge is 0.140 e. The van der Waals surface area contributed by atoms with Crippen LogP contribution >= 0.6 is 11.6 Å². The maximum absolute atomic E-state index is 9.26. The van der Waals surface area contributed by atoms with Crippen molar-refractivity contribution in [3.05, 3.63) is 59.1 Å². The van der Waals surface area contributed by atoms with Crippen molar-refractivity contribution in [3.8, 4) is 11.8 Å². The van der Waals surface area contributed by atoms with Crippen molar-refractivity contribution in [1.29, 1.82) is 5.26 Å². The van der Waals surface area contributed by atoms with Crippen LogP contribution in [0.15, 0.2) is 48.5 Å². The molecule has 0 aliphatic heterocycles. The van der Waals surface area contributed by atoms with E-state index in [9.17, 15) is 5.26 Å². The highest BCUT2D eigenvalue weighted by Gasteiger charge is 2.10. The summed E-state index contributed by atoms with van der Waals surface area (Å²) in [6.07, 6.45) is 0. The van der Waals surface area contributed by atoms with E-state index in [2.05, 4.69) is 11.4 Å². The Kier molecular flexibility index (Phi) is 4.27. The van der Waals surface area contributed by atoms with Gasteiger partial charge in [0.1, 0.15) is 11.8 Å². The summed E-state index contributed by atoms with van der Waals surface area (Å²) in [7, 11) is 1.61. The first-order valence-corrected chi connectivity index (χ1v) is 6.16. The zero-order chi connectivity index (χ0) is 13.7. The van der Waals surface area contributed by atoms with Crippen LogP contribution in [0.2, 0.25) is 5.02 Å². The van der Waals surface area contributed by atoms with Gasteiger partial charge in [-0.3, -0.25) is 0 Å². The second-order valence-corrected chi connectivity index (χ2v) is 4.43.